The lowest BCUT2D eigenvalue weighted by Crippen LogP contribution is -2.24. The molecule has 0 radical (unpaired) electrons. The molecule has 2 atom stereocenters. The third kappa shape index (κ3) is 4.49. The molecule has 0 aliphatic carbocycles. The van der Waals surface area contributed by atoms with Gasteiger partial charge in [-0.1, -0.05) is 24.3 Å². The maximum atomic E-state index is 10.4. The fourth-order valence-corrected chi connectivity index (χ4v) is 2.83. The Morgan fingerprint density at radius 1 is 1.04 bits per heavy atom. The summed E-state index contributed by atoms with van der Waals surface area (Å²) in [6, 6.07) is 15.4. The van der Waals surface area contributed by atoms with Crippen molar-refractivity contribution >= 4 is 0 Å². The Kier molecular flexibility index (Phi) is 5.72. The van der Waals surface area contributed by atoms with Crippen molar-refractivity contribution in [3.05, 3.63) is 59.7 Å². The second-order valence-corrected chi connectivity index (χ2v) is 6.05. The van der Waals surface area contributed by atoms with Crippen molar-refractivity contribution in [2.75, 3.05) is 13.7 Å². The lowest BCUT2D eigenvalue weighted by molar-refractivity contribution is -0.105. The number of methoxy groups -OCH3 is 1. The van der Waals surface area contributed by atoms with Crippen molar-refractivity contribution in [1.82, 2.24) is 0 Å². The highest BCUT2D eigenvalue weighted by Gasteiger charge is 2.15. The van der Waals surface area contributed by atoms with E-state index < -0.39 is 6.10 Å². The molecule has 0 saturated carbocycles. The summed E-state index contributed by atoms with van der Waals surface area (Å²) in [5, 5.41) is 10.4. The van der Waals surface area contributed by atoms with Crippen molar-refractivity contribution in [2.24, 2.45) is 0 Å². The monoisotopic (exact) mass is 328 g/mol. The Morgan fingerprint density at radius 2 is 1.75 bits per heavy atom. The highest BCUT2D eigenvalue weighted by molar-refractivity contribution is 5.31. The van der Waals surface area contributed by atoms with Crippen LogP contribution in [0.1, 0.15) is 36.5 Å². The molecule has 128 valence electrons. The minimum Gasteiger partial charge on any atom is -0.497 e. The Balaban J connectivity index is 1.56. The molecule has 2 aromatic carbocycles. The summed E-state index contributed by atoms with van der Waals surface area (Å²) in [7, 11) is 1.63. The van der Waals surface area contributed by atoms with E-state index in [1.165, 1.54) is 0 Å². The molecule has 0 unspecified atom stereocenters. The van der Waals surface area contributed by atoms with E-state index in [1.54, 1.807) is 7.11 Å². The zero-order valence-electron chi connectivity index (χ0n) is 14.0. The van der Waals surface area contributed by atoms with Crippen LogP contribution >= 0.6 is 0 Å². The van der Waals surface area contributed by atoms with Crippen LogP contribution in [-0.2, 0) is 11.2 Å². The minimum absolute atomic E-state index is 0.130. The summed E-state index contributed by atoms with van der Waals surface area (Å²) < 4.78 is 16.5. The van der Waals surface area contributed by atoms with Gasteiger partial charge >= 0.3 is 0 Å². The average molecular weight is 328 g/mol. The first-order valence-electron chi connectivity index (χ1n) is 8.44. The number of hydrogen-bond acceptors (Lipinski definition) is 4. The van der Waals surface area contributed by atoms with Gasteiger partial charge in [-0.05, 0) is 48.2 Å². The molecular weight excluding hydrogens is 304 g/mol. The van der Waals surface area contributed by atoms with Crippen LogP contribution < -0.4 is 9.47 Å². The minimum atomic E-state index is -0.538. The molecule has 24 heavy (non-hydrogen) atoms. The van der Waals surface area contributed by atoms with Gasteiger partial charge in [-0.2, -0.15) is 0 Å². The van der Waals surface area contributed by atoms with Crippen LogP contribution in [0.25, 0.3) is 0 Å². The second kappa shape index (κ2) is 8.18. The van der Waals surface area contributed by atoms with Gasteiger partial charge in [-0.3, -0.25) is 0 Å². The standard InChI is InChI=1S/C20H24O4/c1-22-17-11-7-16(8-12-17)19(21)14-15-5-9-18(10-6-15)24-20-4-2-3-13-23-20/h5-12,19-21H,2-4,13-14H2,1H3/t19-,20-/m1/s1. The van der Waals surface area contributed by atoms with Gasteiger partial charge in [-0.15, -0.1) is 0 Å². The first-order chi connectivity index (χ1) is 11.7. The van der Waals surface area contributed by atoms with Crippen LogP contribution in [0.2, 0.25) is 0 Å². The maximum Gasteiger partial charge on any atom is 0.199 e. The van der Waals surface area contributed by atoms with Crippen LogP contribution in [0, 0.1) is 0 Å². The first kappa shape index (κ1) is 16.8. The molecule has 3 rings (SSSR count). The van der Waals surface area contributed by atoms with Gasteiger partial charge < -0.3 is 19.3 Å². The quantitative estimate of drug-likeness (QED) is 0.874. The van der Waals surface area contributed by atoms with Gasteiger partial charge in [0, 0.05) is 12.8 Å². The van der Waals surface area contributed by atoms with Crippen molar-refractivity contribution in [3.63, 3.8) is 0 Å². The smallest absolute Gasteiger partial charge is 0.199 e. The molecular formula is C20H24O4. The van der Waals surface area contributed by atoms with Crippen LogP contribution in [-0.4, -0.2) is 25.1 Å². The van der Waals surface area contributed by atoms with E-state index in [0.717, 1.165) is 48.5 Å². The molecule has 0 bridgehead atoms. The number of hydrogen-bond donors (Lipinski definition) is 1. The fourth-order valence-electron chi connectivity index (χ4n) is 2.83. The lowest BCUT2D eigenvalue weighted by Gasteiger charge is -2.23. The van der Waals surface area contributed by atoms with Gasteiger partial charge in [0.25, 0.3) is 0 Å². The molecule has 1 fully saturated rings. The molecule has 0 amide bonds. The van der Waals surface area contributed by atoms with E-state index >= 15 is 0 Å². The number of rotatable bonds is 6. The van der Waals surface area contributed by atoms with E-state index in [4.69, 9.17) is 14.2 Å². The van der Waals surface area contributed by atoms with Gasteiger partial charge in [0.2, 0.25) is 0 Å². The van der Waals surface area contributed by atoms with Gasteiger partial charge in [0.1, 0.15) is 11.5 Å². The van der Waals surface area contributed by atoms with Gasteiger partial charge in [0.05, 0.1) is 19.8 Å². The third-order valence-electron chi connectivity index (χ3n) is 4.26. The summed E-state index contributed by atoms with van der Waals surface area (Å²) in [6.45, 7) is 0.775. The van der Waals surface area contributed by atoms with Crippen LogP contribution in [0.3, 0.4) is 0 Å². The highest BCUT2D eigenvalue weighted by atomic mass is 16.7. The predicted octanol–water partition coefficient (Wildman–Crippen LogP) is 3.88. The van der Waals surface area contributed by atoms with E-state index in [-0.39, 0.29) is 6.29 Å². The lowest BCUT2D eigenvalue weighted by atomic mass is 10.0. The van der Waals surface area contributed by atoms with Crippen molar-refractivity contribution in [1.29, 1.82) is 0 Å². The predicted molar refractivity (Wildman–Crippen MR) is 92.3 cm³/mol. The number of ether oxygens (including phenoxy) is 3. The number of aliphatic hydroxyl groups is 1. The van der Waals surface area contributed by atoms with Crippen molar-refractivity contribution in [3.8, 4) is 11.5 Å². The third-order valence-corrected chi connectivity index (χ3v) is 4.26. The Hall–Kier alpha value is -2.04. The second-order valence-electron chi connectivity index (χ2n) is 6.05. The molecule has 1 saturated heterocycles. The molecule has 2 aromatic rings. The molecule has 1 aliphatic rings. The average Bonchev–Trinajstić information content (AvgIpc) is 2.64. The molecule has 4 heteroatoms. The highest BCUT2D eigenvalue weighted by Crippen LogP contribution is 2.24. The number of aliphatic hydroxyl groups excluding tert-OH is 1. The van der Waals surface area contributed by atoms with Crippen LogP contribution in [0.4, 0.5) is 0 Å². The summed E-state index contributed by atoms with van der Waals surface area (Å²) in [6.07, 6.45) is 3.10. The molecule has 1 aliphatic heterocycles. The van der Waals surface area contributed by atoms with Crippen molar-refractivity contribution < 1.29 is 19.3 Å². The summed E-state index contributed by atoms with van der Waals surface area (Å²) in [5.41, 5.74) is 1.95. The fraction of sp³-hybridized carbons (Fsp3) is 0.400. The maximum absolute atomic E-state index is 10.4. The molecule has 1 heterocycles. The van der Waals surface area contributed by atoms with E-state index in [9.17, 15) is 5.11 Å². The summed E-state index contributed by atoms with van der Waals surface area (Å²) >= 11 is 0. The van der Waals surface area contributed by atoms with Gasteiger partial charge in [-0.25, -0.2) is 0 Å². The molecule has 0 aromatic heterocycles. The zero-order chi connectivity index (χ0) is 16.8. The largest absolute Gasteiger partial charge is 0.497 e. The Bertz CT molecular complexity index is 615. The van der Waals surface area contributed by atoms with Crippen molar-refractivity contribution in [2.45, 2.75) is 38.1 Å². The first-order valence-corrected chi connectivity index (χ1v) is 8.44. The van der Waals surface area contributed by atoms with E-state index in [1.807, 2.05) is 48.5 Å². The molecule has 4 nitrogen and oxygen atoms in total. The SMILES string of the molecule is COc1ccc([C@H](O)Cc2ccc(O[C@@H]3CCCCO3)cc2)cc1. The Labute approximate surface area is 143 Å². The summed E-state index contributed by atoms with van der Waals surface area (Å²) in [5.74, 6) is 1.60. The van der Waals surface area contributed by atoms with E-state index in [2.05, 4.69) is 0 Å². The Morgan fingerprint density at radius 3 is 2.38 bits per heavy atom. The van der Waals surface area contributed by atoms with Gasteiger partial charge in [0.15, 0.2) is 6.29 Å². The summed E-state index contributed by atoms with van der Waals surface area (Å²) in [4.78, 5) is 0. The topological polar surface area (TPSA) is 47.9 Å². The molecule has 0 spiro atoms. The number of benzene rings is 2. The molecule has 1 N–H and O–H groups in total. The van der Waals surface area contributed by atoms with Crippen LogP contribution in [0.5, 0.6) is 11.5 Å². The van der Waals surface area contributed by atoms with E-state index in [0.29, 0.717) is 6.42 Å². The normalized spacial score (nSPS) is 18.8. The zero-order valence-corrected chi connectivity index (χ0v) is 14.0. The van der Waals surface area contributed by atoms with Crippen LogP contribution in [0.15, 0.2) is 48.5 Å².